The van der Waals surface area contributed by atoms with Gasteiger partial charge in [-0.25, -0.2) is 0 Å². The molecule has 4 aliphatic rings. The molecule has 120 valence electrons. The lowest BCUT2D eigenvalue weighted by atomic mass is 9.62. The Morgan fingerprint density at radius 2 is 1.78 bits per heavy atom. The standard InChI is InChI=1S/C18H19NO4/c1-23-14-5-3-2-4-13(14)19-17(20)15-9-6-7-10(12-8-11(9)12)16(15)18(21)22/h2-7,9-12,15-16H,8H2,1H3,(H,19,20)(H,21,22). The van der Waals surface area contributed by atoms with E-state index >= 15 is 0 Å². The highest BCUT2D eigenvalue weighted by molar-refractivity contribution is 5.97. The van der Waals surface area contributed by atoms with Crippen LogP contribution in [0.25, 0.3) is 0 Å². The van der Waals surface area contributed by atoms with Crippen LogP contribution < -0.4 is 10.1 Å². The lowest BCUT2D eigenvalue weighted by Gasteiger charge is -2.41. The van der Waals surface area contributed by atoms with Crippen molar-refractivity contribution in [3.8, 4) is 5.75 Å². The minimum Gasteiger partial charge on any atom is -0.495 e. The fourth-order valence-electron chi connectivity index (χ4n) is 4.53. The van der Waals surface area contributed by atoms with Crippen molar-refractivity contribution in [1.29, 1.82) is 0 Å². The second kappa shape index (κ2) is 5.11. The third-order valence-corrected chi connectivity index (χ3v) is 5.60. The lowest BCUT2D eigenvalue weighted by Crippen LogP contribution is -2.48. The summed E-state index contributed by atoms with van der Waals surface area (Å²) in [7, 11) is 1.55. The van der Waals surface area contributed by atoms with E-state index in [0.717, 1.165) is 6.42 Å². The Bertz CT molecular complexity index is 698. The van der Waals surface area contributed by atoms with Crippen molar-refractivity contribution in [1.82, 2.24) is 0 Å². The van der Waals surface area contributed by atoms with Gasteiger partial charge in [0.1, 0.15) is 5.75 Å². The third kappa shape index (κ3) is 2.14. The molecule has 2 N–H and O–H groups in total. The predicted molar refractivity (Wildman–Crippen MR) is 84.0 cm³/mol. The van der Waals surface area contributed by atoms with E-state index in [4.69, 9.17) is 4.74 Å². The van der Waals surface area contributed by atoms with Gasteiger partial charge >= 0.3 is 5.97 Å². The molecule has 1 aromatic carbocycles. The molecule has 5 rings (SSSR count). The summed E-state index contributed by atoms with van der Waals surface area (Å²) >= 11 is 0. The van der Waals surface area contributed by atoms with E-state index in [1.165, 1.54) is 0 Å². The number of fused-ring (bicyclic) bond motifs is 1. The van der Waals surface area contributed by atoms with Crippen molar-refractivity contribution < 1.29 is 19.4 Å². The van der Waals surface area contributed by atoms with E-state index in [1.807, 2.05) is 18.2 Å². The van der Waals surface area contributed by atoms with Gasteiger partial charge in [0.15, 0.2) is 0 Å². The van der Waals surface area contributed by atoms with E-state index in [2.05, 4.69) is 11.4 Å². The molecule has 0 aromatic heterocycles. The molecule has 0 radical (unpaired) electrons. The zero-order chi connectivity index (χ0) is 16.1. The number of amides is 1. The van der Waals surface area contributed by atoms with Gasteiger partial charge in [-0.1, -0.05) is 24.3 Å². The number of aliphatic carboxylic acids is 1. The summed E-state index contributed by atoms with van der Waals surface area (Å²) in [6.07, 6.45) is 5.12. The molecule has 4 aliphatic carbocycles. The zero-order valence-corrected chi connectivity index (χ0v) is 12.8. The first kappa shape index (κ1) is 14.3. The molecular weight excluding hydrogens is 294 g/mol. The van der Waals surface area contributed by atoms with E-state index in [9.17, 15) is 14.7 Å². The Labute approximate surface area is 134 Å². The van der Waals surface area contributed by atoms with Crippen molar-refractivity contribution in [2.45, 2.75) is 6.42 Å². The maximum atomic E-state index is 12.8. The fraction of sp³-hybridized carbons (Fsp3) is 0.444. The Hall–Kier alpha value is -2.30. The molecule has 1 aromatic rings. The molecule has 2 bridgehead atoms. The van der Waals surface area contributed by atoms with Crippen LogP contribution in [0.5, 0.6) is 5.75 Å². The van der Waals surface area contributed by atoms with Crippen LogP contribution in [0.4, 0.5) is 5.69 Å². The lowest BCUT2D eigenvalue weighted by molar-refractivity contribution is -0.152. The molecule has 2 fully saturated rings. The summed E-state index contributed by atoms with van der Waals surface area (Å²) in [5, 5.41) is 12.5. The van der Waals surface area contributed by atoms with E-state index in [-0.39, 0.29) is 17.7 Å². The Kier molecular flexibility index (Phi) is 3.18. The largest absolute Gasteiger partial charge is 0.495 e. The van der Waals surface area contributed by atoms with E-state index in [0.29, 0.717) is 23.3 Å². The topological polar surface area (TPSA) is 75.6 Å². The van der Waals surface area contributed by atoms with Gasteiger partial charge in [-0.05, 0) is 42.2 Å². The highest BCUT2D eigenvalue weighted by atomic mass is 16.5. The van der Waals surface area contributed by atoms with Crippen molar-refractivity contribution >= 4 is 17.6 Å². The number of anilines is 1. The van der Waals surface area contributed by atoms with Gasteiger partial charge < -0.3 is 15.2 Å². The van der Waals surface area contributed by atoms with Gasteiger partial charge in [-0.3, -0.25) is 9.59 Å². The monoisotopic (exact) mass is 313 g/mol. The average Bonchev–Trinajstić information content (AvgIpc) is 3.36. The first-order valence-electron chi connectivity index (χ1n) is 7.97. The number of hydrogen-bond acceptors (Lipinski definition) is 3. The molecule has 0 saturated heterocycles. The number of carbonyl (C=O) groups is 2. The van der Waals surface area contributed by atoms with Crippen LogP contribution in [-0.4, -0.2) is 24.1 Å². The van der Waals surface area contributed by atoms with Gasteiger partial charge in [0.2, 0.25) is 5.91 Å². The summed E-state index contributed by atoms with van der Waals surface area (Å²) < 4.78 is 5.25. The van der Waals surface area contributed by atoms with Crippen molar-refractivity contribution in [2.75, 3.05) is 12.4 Å². The number of benzene rings is 1. The van der Waals surface area contributed by atoms with E-state index < -0.39 is 17.8 Å². The normalized spacial score (nSPS) is 36.2. The molecule has 0 aliphatic heterocycles. The van der Waals surface area contributed by atoms with Crippen LogP contribution in [0, 0.1) is 35.5 Å². The summed E-state index contributed by atoms with van der Waals surface area (Å²) in [6.45, 7) is 0. The van der Waals surface area contributed by atoms with Crippen LogP contribution in [0.15, 0.2) is 36.4 Å². The van der Waals surface area contributed by atoms with Crippen LogP contribution >= 0.6 is 0 Å². The molecule has 2 saturated carbocycles. The minimum absolute atomic E-state index is 0.00378. The third-order valence-electron chi connectivity index (χ3n) is 5.60. The summed E-state index contributed by atoms with van der Waals surface area (Å²) in [4.78, 5) is 24.6. The number of ether oxygens (including phenoxy) is 1. The highest BCUT2D eigenvalue weighted by Crippen LogP contribution is 2.63. The number of hydrogen-bond donors (Lipinski definition) is 2. The SMILES string of the molecule is COc1ccccc1NC(=O)C1C2C=CC(C3CC23)C1C(=O)O. The Morgan fingerprint density at radius 3 is 2.43 bits per heavy atom. The number of carboxylic acid groups (broad SMARTS) is 1. The van der Waals surface area contributed by atoms with Crippen LogP contribution in [0.3, 0.4) is 0 Å². The van der Waals surface area contributed by atoms with Crippen LogP contribution in [0.2, 0.25) is 0 Å². The second-order valence-electron chi connectivity index (χ2n) is 6.68. The second-order valence-corrected chi connectivity index (χ2v) is 6.68. The predicted octanol–water partition coefficient (Wildman–Crippen LogP) is 2.40. The number of allylic oxidation sites excluding steroid dienone is 2. The molecular formula is C18H19NO4. The number of para-hydroxylation sites is 2. The number of carbonyl (C=O) groups excluding carboxylic acids is 1. The smallest absolute Gasteiger partial charge is 0.307 e. The number of nitrogens with one attached hydrogen (secondary N) is 1. The van der Waals surface area contributed by atoms with Gasteiger partial charge in [0, 0.05) is 0 Å². The van der Waals surface area contributed by atoms with Gasteiger partial charge in [0.05, 0.1) is 24.6 Å². The molecule has 23 heavy (non-hydrogen) atoms. The van der Waals surface area contributed by atoms with Crippen molar-refractivity contribution in [2.24, 2.45) is 35.5 Å². The zero-order valence-electron chi connectivity index (χ0n) is 12.8. The van der Waals surface area contributed by atoms with Crippen molar-refractivity contribution in [3.63, 3.8) is 0 Å². The molecule has 1 amide bonds. The number of methoxy groups -OCH3 is 1. The van der Waals surface area contributed by atoms with Crippen molar-refractivity contribution in [3.05, 3.63) is 36.4 Å². The molecule has 5 heteroatoms. The van der Waals surface area contributed by atoms with Gasteiger partial charge in [-0.15, -0.1) is 0 Å². The highest BCUT2D eigenvalue weighted by Gasteiger charge is 2.62. The molecule has 0 heterocycles. The molecule has 6 unspecified atom stereocenters. The molecule has 6 atom stereocenters. The molecule has 0 spiro atoms. The van der Waals surface area contributed by atoms with Gasteiger partial charge in [-0.2, -0.15) is 0 Å². The quantitative estimate of drug-likeness (QED) is 0.837. The summed E-state index contributed by atoms with van der Waals surface area (Å²) in [6, 6.07) is 7.18. The summed E-state index contributed by atoms with van der Waals surface area (Å²) in [5.41, 5.74) is 0.585. The fourth-order valence-corrected chi connectivity index (χ4v) is 4.53. The average molecular weight is 313 g/mol. The first-order chi connectivity index (χ1) is 11.1. The Balaban J connectivity index is 1.62. The van der Waals surface area contributed by atoms with Crippen LogP contribution in [-0.2, 0) is 9.59 Å². The number of rotatable bonds is 4. The maximum absolute atomic E-state index is 12.8. The number of carboxylic acids is 1. The Morgan fingerprint density at radius 1 is 1.13 bits per heavy atom. The van der Waals surface area contributed by atoms with Gasteiger partial charge in [0.25, 0.3) is 0 Å². The summed E-state index contributed by atoms with van der Waals surface area (Å²) in [5.74, 6) is -0.651. The molecule has 5 nitrogen and oxygen atoms in total. The minimum atomic E-state index is -0.866. The van der Waals surface area contributed by atoms with Crippen LogP contribution in [0.1, 0.15) is 6.42 Å². The first-order valence-corrected chi connectivity index (χ1v) is 7.97. The van der Waals surface area contributed by atoms with E-state index in [1.54, 1.807) is 19.2 Å². The maximum Gasteiger partial charge on any atom is 0.307 e.